The van der Waals surface area contributed by atoms with Gasteiger partial charge in [-0.3, -0.25) is 8.89 Å². The van der Waals surface area contributed by atoms with E-state index in [1.165, 1.54) is 0 Å². The van der Waals surface area contributed by atoms with Gasteiger partial charge in [-0.25, -0.2) is 0 Å². The van der Waals surface area contributed by atoms with Crippen LogP contribution in [-0.4, -0.2) is 26.0 Å². The first-order chi connectivity index (χ1) is 5.59. The molecule has 1 aromatic heterocycles. The van der Waals surface area contributed by atoms with Crippen LogP contribution in [0.15, 0.2) is 6.20 Å². The SMILES string of the molecule is Cc1nn(CCS(C)=O)cc1N. The van der Waals surface area contributed by atoms with Gasteiger partial charge in [0.15, 0.2) is 0 Å². The lowest BCUT2D eigenvalue weighted by molar-refractivity contribution is 0.642. The summed E-state index contributed by atoms with van der Waals surface area (Å²) in [6.45, 7) is 2.52. The first kappa shape index (κ1) is 9.25. The second-order valence-electron chi connectivity index (χ2n) is 2.71. The molecule has 2 N–H and O–H groups in total. The van der Waals surface area contributed by atoms with Crippen LogP contribution < -0.4 is 5.73 Å². The maximum Gasteiger partial charge on any atom is 0.0822 e. The zero-order valence-corrected chi connectivity index (χ0v) is 8.10. The minimum absolute atomic E-state index is 0.626. The Hall–Kier alpha value is -0.840. The molecule has 1 heterocycles. The maximum atomic E-state index is 10.7. The number of hydrogen-bond donors (Lipinski definition) is 1. The Bertz CT molecular complexity index is 275. The zero-order valence-electron chi connectivity index (χ0n) is 7.28. The molecule has 0 bridgehead atoms. The molecule has 4 nitrogen and oxygen atoms in total. The quantitative estimate of drug-likeness (QED) is 0.733. The Balaban J connectivity index is 2.58. The summed E-state index contributed by atoms with van der Waals surface area (Å²) in [5, 5.41) is 4.14. The standard InChI is InChI=1S/C7H13N3OS/c1-6-7(8)5-10(9-6)3-4-12(2)11/h5H,3-4,8H2,1-2H3. The largest absolute Gasteiger partial charge is 0.396 e. The average molecular weight is 187 g/mol. The van der Waals surface area contributed by atoms with Crippen molar-refractivity contribution in [2.24, 2.45) is 0 Å². The fourth-order valence-electron chi connectivity index (χ4n) is 0.870. The molecule has 0 fully saturated rings. The van der Waals surface area contributed by atoms with E-state index < -0.39 is 10.8 Å². The lowest BCUT2D eigenvalue weighted by atomic mass is 10.4. The highest BCUT2D eigenvalue weighted by atomic mass is 32.2. The summed E-state index contributed by atoms with van der Waals surface area (Å²) >= 11 is 0. The molecular formula is C7H13N3OS. The second kappa shape index (κ2) is 3.71. The summed E-state index contributed by atoms with van der Waals surface area (Å²) < 4.78 is 12.5. The summed E-state index contributed by atoms with van der Waals surface area (Å²) in [4.78, 5) is 0. The van der Waals surface area contributed by atoms with E-state index in [-0.39, 0.29) is 0 Å². The number of nitrogens with zero attached hydrogens (tertiary/aromatic N) is 2. The molecule has 1 atom stereocenters. The predicted molar refractivity (Wildman–Crippen MR) is 50.3 cm³/mol. The summed E-state index contributed by atoms with van der Waals surface area (Å²) in [7, 11) is -0.765. The fraction of sp³-hybridized carbons (Fsp3) is 0.571. The molecule has 1 unspecified atom stereocenters. The van der Waals surface area contributed by atoms with Crippen molar-refractivity contribution < 1.29 is 4.21 Å². The number of nitrogen functional groups attached to an aromatic ring is 1. The van der Waals surface area contributed by atoms with E-state index in [0.29, 0.717) is 18.0 Å². The van der Waals surface area contributed by atoms with Crippen LogP contribution in [0.1, 0.15) is 5.69 Å². The van der Waals surface area contributed by atoms with E-state index in [0.717, 1.165) is 5.69 Å². The highest BCUT2D eigenvalue weighted by molar-refractivity contribution is 7.84. The van der Waals surface area contributed by atoms with Gasteiger partial charge in [0.2, 0.25) is 0 Å². The third kappa shape index (κ3) is 2.34. The van der Waals surface area contributed by atoms with Gasteiger partial charge in [0, 0.05) is 29.0 Å². The first-order valence-electron chi connectivity index (χ1n) is 3.69. The molecule has 1 rings (SSSR count). The van der Waals surface area contributed by atoms with E-state index in [4.69, 9.17) is 5.73 Å². The van der Waals surface area contributed by atoms with E-state index in [1.807, 2.05) is 6.92 Å². The molecular weight excluding hydrogens is 174 g/mol. The molecule has 0 aliphatic rings. The fourth-order valence-corrected chi connectivity index (χ4v) is 1.31. The molecule has 0 saturated heterocycles. The van der Waals surface area contributed by atoms with Crippen molar-refractivity contribution >= 4 is 16.5 Å². The van der Waals surface area contributed by atoms with Gasteiger partial charge in [-0.2, -0.15) is 5.10 Å². The number of aromatic nitrogens is 2. The highest BCUT2D eigenvalue weighted by Crippen LogP contribution is 2.05. The summed E-state index contributed by atoms with van der Waals surface area (Å²) in [6.07, 6.45) is 3.45. The molecule has 0 radical (unpaired) electrons. The number of hydrogen-bond acceptors (Lipinski definition) is 3. The van der Waals surface area contributed by atoms with Crippen LogP contribution in [0.4, 0.5) is 5.69 Å². The average Bonchev–Trinajstić information content (AvgIpc) is 2.28. The van der Waals surface area contributed by atoms with Gasteiger partial charge in [-0.15, -0.1) is 0 Å². The van der Waals surface area contributed by atoms with E-state index in [1.54, 1.807) is 17.1 Å². The topological polar surface area (TPSA) is 60.9 Å². The second-order valence-corrected chi connectivity index (χ2v) is 4.26. The molecule has 5 heteroatoms. The van der Waals surface area contributed by atoms with Crippen LogP contribution >= 0.6 is 0 Å². The predicted octanol–water partition coefficient (Wildman–Crippen LogP) is 0.152. The van der Waals surface area contributed by atoms with Gasteiger partial charge in [-0.05, 0) is 6.92 Å². The minimum atomic E-state index is -0.765. The van der Waals surface area contributed by atoms with Crippen LogP contribution in [-0.2, 0) is 17.3 Å². The van der Waals surface area contributed by atoms with Crippen LogP contribution in [0.25, 0.3) is 0 Å². The molecule has 1 aromatic rings. The van der Waals surface area contributed by atoms with Gasteiger partial charge < -0.3 is 5.73 Å². The maximum absolute atomic E-state index is 10.7. The lowest BCUT2D eigenvalue weighted by Gasteiger charge is -1.96. The summed E-state index contributed by atoms with van der Waals surface area (Å²) in [5.41, 5.74) is 7.11. The number of rotatable bonds is 3. The van der Waals surface area contributed by atoms with Crippen molar-refractivity contribution in [2.45, 2.75) is 13.5 Å². The van der Waals surface area contributed by atoms with Gasteiger partial charge >= 0.3 is 0 Å². The number of nitrogens with two attached hydrogens (primary N) is 1. The molecule has 0 saturated carbocycles. The smallest absolute Gasteiger partial charge is 0.0822 e. The third-order valence-electron chi connectivity index (χ3n) is 1.59. The summed E-state index contributed by atoms with van der Waals surface area (Å²) in [6, 6.07) is 0. The summed E-state index contributed by atoms with van der Waals surface area (Å²) in [5.74, 6) is 0.626. The highest BCUT2D eigenvalue weighted by Gasteiger charge is 2.00. The van der Waals surface area contributed by atoms with Gasteiger partial charge in [0.05, 0.1) is 17.9 Å². The third-order valence-corrected chi connectivity index (χ3v) is 2.35. The monoisotopic (exact) mass is 187 g/mol. The Morgan fingerprint density at radius 1 is 1.75 bits per heavy atom. The van der Waals surface area contributed by atoms with Crippen molar-refractivity contribution in [3.63, 3.8) is 0 Å². The minimum Gasteiger partial charge on any atom is -0.396 e. The van der Waals surface area contributed by atoms with Crippen molar-refractivity contribution in [1.29, 1.82) is 0 Å². The van der Waals surface area contributed by atoms with Crippen LogP contribution in [0, 0.1) is 6.92 Å². The van der Waals surface area contributed by atoms with Gasteiger partial charge in [0.1, 0.15) is 0 Å². The Morgan fingerprint density at radius 2 is 2.42 bits per heavy atom. The van der Waals surface area contributed by atoms with Crippen LogP contribution in [0.2, 0.25) is 0 Å². The van der Waals surface area contributed by atoms with Gasteiger partial charge in [0.25, 0.3) is 0 Å². The van der Waals surface area contributed by atoms with E-state index >= 15 is 0 Å². The number of aryl methyl sites for hydroxylation is 2. The first-order valence-corrected chi connectivity index (χ1v) is 5.42. The van der Waals surface area contributed by atoms with Gasteiger partial charge in [-0.1, -0.05) is 0 Å². The van der Waals surface area contributed by atoms with E-state index in [2.05, 4.69) is 5.10 Å². The van der Waals surface area contributed by atoms with E-state index in [9.17, 15) is 4.21 Å². The Labute approximate surface area is 74.2 Å². The molecule has 0 aliphatic carbocycles. The molecule has 0 amide bonds. The number of anilines is 1. The zero-order chi connectivity index (χ0) is 9.14. The van der Waals surface area contributed by atoms with Crippen LogP contribution in [0.5, 0.6) is 0 Å². The molecule has 68 valence electrons. The Morgan fingerprint density at radius 3 is 2.83 bits per heavy atom. The molecule has 0 aliphatic heterocycles. The molecule has 0 spiro atoms. The van der Waals surface area contributed by atoms with Crippen molar-refractivity contribution in [3.8, 4) is 0 Å². The molecule has 0 aromatic carbocycles. The lowest BCUT2D eigenvalue weighted by Crippen LogP contribution is -2.06. The Kier molecular flexibility index (Phi) is 2.86. The van der Waals surface area contributed by atoms with Crippen LogP contribution in [0.3, 0.4) is 0 Å². The molecule has 12 heavy (non-hydrogen) atoms. The van der Waals surface area contributed by atoms with Crippen molar-refractivity contribution in [1.82, 2.24) is 9.78 Å². The van der Waals surface area contributed by atoms with Crippen molar-refractivity contribution in [2.75, 3.05) is 17.7 Å². The normalized spacial score (nSPS) is 13.2. The van der Waals surface area contributed by atoms with Crippen molar-refractivity contribution in [3.05, 3.63) is 11.9 Å².